The quantitative estimate of drug-likeness (QED) is 0.824. The minimum atomic E-state index is -0.105. The van der Waals surface area contributed by atoms with E-state index in [-0.39, 0.29) is 6.03 Å². The van der Waals surface area contributed by atoms with E-state index in [9.17, 15) is 4.79 Å². The number of urea groups is 1. The molecule has 26 heavy (non-hydrogen) atoms. The van der Waals surface area contributed by atoms with Crippen LogP contribution in [0, 0.1) is 0 Å². The number of hydrogen-bond acceptors (Lipinski definition) is 3. The number of rotatable bonds is 6. The third-order valence-electron chi connectivity index (χ3n) is 4.82. The molecule has 1 aromatic heterocycles. The van der Waals surface area contributed by atoms with Gasteiger partial charge in [0.05, 0.1) is 0 Å². The molecule has 1 aliphatic heterocycles. The Kier molecular flexibility index (Phi) is 6.47. The van der Waals surface area contributed by atoms with Crippen LogP contribution in [0.4, 0.5) is 10.5 Å². The number of hydrogen-bond donors (Lipinski definition) is 1. The molecular formula is C20H25ClN4O. The number of anilines is 1. The Morgan fingerprint density at radius 2 is 2.15 bits per heavy atom. The number of aromatic nitrogens is 1. The Hall–Kier alpha value is -2.11. The molecule has 0 radical (unpaired) electrons. The second-order valence-corrected chi connectivity index (χ2v) is 7.04. The molecule has 1 aliphatic rings. The number of nitrogens with one attached hydrogen (secondary N) is 1. The summed E-state index contributed by atoms with van der Waals surface area (Å²) in [5, 5.41) is 3.59. The highest BCUT2D eigenvalue weighted by atomic mass is 35.5. The molecule has 0 spiro atoms. The van der Waals surface area contributed by atoms with Crippen LogP contribution in [0.5, 0.6) is 0 Å². The highest BCUT2D eigenvalue weighted by molar-refractivity contribution is 6.30. The van der Waals surface area contributed by atoms with Crippen molar-refractivity contribution in [1.29, 1.82) is 0 Å². The van der Waals surface area contributed by atoms with Crippen molar-refractivity contribution < 1.29 is 4.79 Å². The van der Waals surface area contributed by atoms with Crippen molar-refractivity contribution in [2.45, 2.75) is 32.4 Å². The standard InChI is InChI=1S/C20H25ClN4O/c1-2-24-12-4-7-19(24)15-25(14-16-8-10-22-11-9-16)20(26)23-18-6-3-5-17(21)13-18/h3,5-6,8-11,13,19H,2,4,7,12,14-15H2,1H3,(H,23,26). The molecule has 1 aromatic carbocycles. The summed E-state index contributed by atoms with van der Waals surface area (Å²) in [6.07, 6.45) is 5.84. The van der Waals surface area contributed by atoms with E-state index >= 15 is 0 Å². The Bertz CT molecular complexity index is 725. The minimum absolute atomic E-state index is 0.105. The summed E-state index contributed by atoms with van der Waals surface area (Å²) >= 11 is 6.03. The molecule has 1 fully saturated rings. The molecule has 3 rings (SSSR count). The lowest BCUT2D eigenvalue weighted by molar-refractivity contribution is 0.175. The van der Waals surface area contributed by atoms with Crippen molar-refractivity contribution in [3.8, 4) is 0 Å². The van der Waals surface area contributed by atoms with Crippen LogP contribution in [0.25, 0.3) is 0 Å². The van der Waals surface area contributed by atoms with Gasteiger partial charge in [-0.05, 0) is 61.8 Å². The normalized spacial score (nSPS) is 17.2. The van der Waals surface area contributed by atoms with E-state index in [2.05, 4.69) is 22.1 Å². The van der Waals surface area contributed by atoms with Gasteiger partial charge < -0.3 is 10.2 Å². The monoisotopic (exact) mass is 372 g/mol. The number of nitrogens with zero attached hydrogens (tertiary/aromatic N) is 3. The fraction of sp³-hybridized carbons (Fsp3) is 0.400. The van der Waals surface area contributed by atoms with E-state index in [0.717, 1.165) is 25.1 Å². The molecule has 2 heterocycles. The van der Waals surface area contributed by atoms with Gasteiger partial charge in [-0.15, -0.1) is 0 Å². The maximum absolute atomic E-state index is 12.9. The topological polar surface area (TPSA) is 48.5 Å². The average Bonchev–Trinajstić information content (AvgIpc) is 3.09. The minimum Gasteiger partial charge on any atom is -0.319 e. The van der Waals surface area contributed by atoms with Crippen molar-refractivity contribution in [1.82, 2.24) is 14.8 Å². The van der Waals surface area contributed by atoms with Gasteiger partial charge in [0.1, 0.15) is 0 Å². The fourth-order valence-electron chi connectivity index (χ4n) is 3.47. The maximum atomic E-state index is 12.9. The van der Waals surface area contributed by atoms with Gasteiger partial charge in [0.15, 0.2) is 0 Å². The van der Waals surface area contributed by atoms with Crippen molar-refractivity contribution in [3.05, 3.63) is 59.4 Å². The van der Waals surface area contributed by atoms with Crippen molar-refractivity contribution in [3.63, 3.8) is 0 Å². The van der Waals surface area contributed by atoms with Gasteiger partial charge in [0, 0.05) is 42.2 Å². The first kappa shape index (κ1) is 18.7. The average molecular weight is 373 g/mol. The van der Waals surface area contributed by atoms with E-state index in [0.29, 0.717) is 29.8 Å². The molecule has 0 aliphatic carbocycles. The molecular weight excluding hydrogens is 348 g/mol. The molecule has 1 unspecified atom stereocenters. The van der Waals surface area contributed by atoms with Gasteiger partial charge in [-0.1, -0.05) is 24.6 Å². The zero-order valence-electron chi connectivity index (χ0n) is 15.1. The summed E-state index contributed by atoms with van der Waals surface area (Å²) in [7, 11) is 0. The summed E-state index contributed by atoms with van der Waals surface area (Å²) < 4.78 is 0. The summed E-state index contributed by atoms with van der Waals surface area (Å²) in [5.74, 6) is 0. The van der Waals surface area contributed by atoms with Gasteiger partial charge in [0.2, 0.25) is 0 Å². The molecule has 138 valence electrons. The highest BCUT2D eigenvalue weighted by Crippen LogP contribution is 2.20. The molecule has 1 atom stereocenters. The molecule has 6 heteroatoms. The molecule has 2 aromatic rings. The Labute approximate surface area is 160 Å². The van der Waals surface area contributed by atoms with Gasteiger partial charge in [-0.25, -0.2) is 4.79 Å². The zero-order valence-corrected chi connectivity index (χ0v) is 15.8. The number of benzene rings is 1. The first-order valence-corrected chi connectivity index (χ1v) is 9.48. The predicted molar refractivity (Wildman–Crippen MR) is 105 cm³/mol. The number of halogens is 1. The maximum Gasteiger partial charge on any atom is 0.322 e. The van der Waals surface area contributed by atoms with Gasteiger partial charge in [-0.3, -0.25) is 9.88 Å². The number of carbonyl (C=O) groups is 1. The smallest absolute Gasteiger partial charge is 0.319 e. The van der Waals surface area contributed by atoms with E-state index in [1.54, 1.807) is 24.5 Å². The van der Waals surface area contributed by atoms with Crippen LogP contribution in [0.15, 0.2) is 48.8 Å². The van der Waals surface area contributed by atoms with Crippen molar-refractivity contribution in [2.24, 2.45) is 0 Å². The molecule has 1 N–H and O–H groups in total. The predicted octanol–water partition coefficient (Wildman–Crippen LogP) is 4.25. The Morgan fingerprint density at radius 1 is 1.35 bits per heavy atom. The fourth-order valence-corrected chi connectivity index (χ4v) is 3.66. The molecule has 0 bridgehead atoms. The molecule has 5 nitrogen and oxygen atoms in total. The number of carbonyl (C=O) groups excluding carboxylic acids is 1. The van der Waals surface area contributed by atoms with Gasteiger partial charge >= 0.3 is 6.03 Å². The third kappa shape index (κ3) is 4.96. The molecule has 1 saturated heterocycles. The Balaban J connectivity index is 1.73. The SMILES string of the molecule is CCN1CCCC1CN(Cc1ccncc1)C(=O)Nc1cccc(Cl)c1. The van der Waals surface area contributed by atoms with Crippen LogP contribution in [0.2, 0.25) is 5.02 Å². The highest BCUT2D eigenvalue weighted by Gasteiger charge is 2.27. The van der Waals surface area contributed by atoms with Gasteiger partial charge in [0.25, 0.3) is 0 Å². The first-order chi connectivity index (χ1) is 12.7. The van der Waals surface area contributed by atoms with Crippen LogP contribution < -0.4 is 5.32 Å². The Morgan fingerprint density at radius 3 is 2.88 bits per heavy atom. The summed E-state index contributed by atoms with van der Waals surface area (Å²) in [6, 6.07) is 11.4. The van der Waals surface area contributed by atoms with Crippen LogP contribution >= 0.6 is 11.6 Å². The number of amides is 2. The van der Waals surface area contributed by atoms with Crippen LogP contribution in [0.3, 0.4) is 0 Å². The molecule has 2 amide bonds. The van der Waals surface area contributed by atoms with Crippen LogP contribution in [0.1, 0.15) is 25.3 Å². The number of likely N-dealkylation sites (tertiary alicyclic amines) is 1. The zero-order chi connectivity index (χ0) is 18.4. The van der Waals surface area contributed by atoms with Crippen LogP contribution in [-0.2, 0) is 6.54 Å². The second kappa shape index (κ2) is 9.01. The van der Waals surface area contributed by atoms with E-state index in [4.69, 9.17) is 11.6 Å². The van der Waals surface area contributed by atoms with Gasteiger partial charge in [-0.2, -0.15) is 0 Å². The number of likely N-dealkylation sites (N-methyl/N-ethyl adjacent to an activating group) is 1. The van der Waals surface area contributed by atoms with E-state index in [1.165, 1.54) is 6.42 Å². The summed E-state index contributed by atoms with van der Waals surface area (Å²) in [5.41, 5.74) is 1.78. The molecule has 0 saturated carbocycles. The van der Waals surface area contributed by atoms with E-state index in [1.807, 2.05) is 29.2 Å². The van der Waals surface area contributed by atoms with Crippen molar-refractivity contribution in [2.75, 3.05) is 25.0 Å². The lowest BCUT2D eigenvalue weighted by Crippen LogP contribution is -2.44. The van der Waals surface area contributed by atoms with Crippen molar-refractivity contribution >= 4 is 23.3 Å². The second-order valence-electron chi connectivity index (χ2n) is 6.60. The van der Waals surface area contributed by atoms with Crippen LogP contribution in [-0.4, -0.2) is 46.5 Å². The lowest BCUT2D eigenvalue weighted by atomic mass is 10.2. The van der Waals surface area contributed by atoms with E-state index < -0.39 is 0 Å². The summed E-state index contributed by atoms with van der Waals surface area (Å²) in [4.78, 5) is 21.3. The first-order valence-electron chi connectivity index (χ1n) is 9.10. The lowest BCUT2D eigenvalue weighted by Gasteiger charge is -2.30. The largest absolute Gasteiger partial charge is 0.322 e. The summed E-state index contributed by atoms with van der Waals surface area (Å²) in [6.45, 7) is 5.58. The third-order valence-corrected chi connectivity index (χ3v) is 5.06. The number of pyridine rings is 1.